The predicted molar refractivity (Wildman–Crippen MR) is 124 cm³/mol. The molecule has 0 radical (unpaired) electrons. The van der Waals surface area contributed by atoms with Crippen LogP contribution in [0.5, 0.6) is 5.75 Å². The molecule has 0 aliphatic carbocycles. The number of carbonyl (C=O) groups excluding carboxylic acids is 2. The van der Waals surface area contributed by atoms with E-state index in [1.165, 1.54) is 28.0 Å². The molecular formula is C24H21NO3S2. The fourth-order valence-electron chi connectivity index (χ4n) is 3.23. The Morgan fingerprint density at radius 1 is 0.933 bits per heavy atom. The maximum Gasteiger partial charge on any atom is 0.272 e. The van der Waals surface area contributed by atoms with Crippen LogP contribution in [0.25, 0.3) is 5.57 Å². The van der Waals surface area contributed by atoms with Crippen LogP contribution in [0.15, 0.2) is 77.0 Å². The molecule has 2 amide bonds. The van der Waals surface area contributed by atoms with Crippen molar-refractivity contribution in [3.05, 3.63) is 87.5 Å². The van der Waals surface area contributed by atoms with E-state index < -0.39 is 0 Å². The van der Waals surface area contributed by atoms with Crippen LogP contribution in [0.3, 0.4) is 0 Å². The number of hydrogen-bond acceptors (Lipinski definition) is 5. The molecule has 6 heteroatoms. The number of para-hydroxylation sites is 2. The molecule has 1 aliphatic heterocycles. The van der Waals surface area contributed by atoms with Crippen LogP contribution in [0.4, 0.5) is 5.69 Å². The summed E-state index contributed by atoms with van der Waals surface area (Å²) in [4.78, 5) is 29.4. The number of thioether (sulfide) groups is 1. The van der Waals surface area contributed by atoms with E-state index in [0.717, 1.165) is 10.4 Å². The van der Waals surface area contributed by atoms with Crippen molar-refractivity contribution in [2.45, 2.75) is 25.7 Å². The molecule has 0 unspecified atom stereocenters. The molecule has 3 aromatic rings. The molecule has 152 valence electrons. The Labute approximate surface area is 184 Å². The third-order valence-electron chi connectivity index (χ3n) is 4.50. The highest BCUT2D eigenvalue weighted by Crippen LogP contribution is 2.43. The van der Waals surface area contributed by atoms with E-state index in [1.807, 2.05) is 73.8 Å². The molecule has 4 rings (SSSR count). The van der Waals surface area contributed by atoms with E-state index in [-0.39, 0.29) is 17.9 Å². The Hall–Kier alpha value is -2.83. The largest absolute Gasteiger partial charge is 0.489 e. The van der Waals surface area contributed by atoms with Gasteiger partial charge >= 0.3 is 0 Å². The summed E-state index contributed by atoms with van der Waals surface area (Å²) in [5.41, 5.74) is 2.05. The van der Waals surface area contributed by atoms with Crippen molar-refractivity contribution in [3.63, 3.8) is 0 Å². The Morgan fingerprint density at radius 2 is 1.67 bits per heavy atom. The van der Waals surface area contributed by atoms with Gasteiger partial charge in [0.2, 0.25) is 0 Å². The highest BCUT2D eigenvalue weighted by Gasteiger charge is 2.41. The summed E-state index contributed by atoms with van der Waals surface area (Å²) in [5.74, 6) is 0.526. The molecule has 0 saturated carbocycles. The molecule has 0 bridgehead atoms. The molecule has 1 aliphatic rings. The second kappa shape index (κ2) is 8.90. The van der Waals surface area contributed by atoms with Gasteiger partial charge in [-0.15, -0.1) is 23.1 Å². The van der Waals surface area contributed by atoms with Crippen LogP contribution in [0, 0.1) is 0 Å². The zero-order valence-corrected chi connectivity index (χ0v) is 18.3. The number of thiophene rings is 1. The summed E-state index contributed by atoms with van der Waals surface area (Å²) in [5, 5.41) is 1.91. The van der Waals surface area contributed by atoms with Gasteiger partial charge in [-0.3, -0.25) is 9.59 Å². The Bertz CT molecular complexity index is 1090. The summed E-state index contributed by atoms with van der Waals surface area (Å²) >= 11 is 2.87. The van der Waals surface area contributed by atoms with E-state index in [2.05, 4.69) is 0 Å². The molecule has 0 fully saturated rings. The van der Waals surface area contributed by atoms with Gasteiger partial charge in [0.05, 0.1) is 22.3 Å². The highest BCUT2D eigenvalue weighted by molar-refractivity contribution is 8.03. The monoisotopic (exact) mass is 435 g/mol. The molecule has 0 spiro atoms. The van der Waals surface area contributed by atoms with Crippen molar-refractivity contribution >= 4 is 46.2 Å². The standard InChI is InChI=1S/C24H21NO3S2/c1-16(2)28-19-12-7-6-11-18(19)25-23(26)21(20-13-8-14-29-20)22(24(25)27)30-15-17-9-4-3-5-10-17/h3-14,16H,15H2,1-2H3. The normalized spacial score (nSPS) is 14.2. The first-order chi connectivity index (χ1) is 14.6. The van der Waals surface area contributed by atoms with Gasteiger partial charge in [-0.25, -0.2) is 4.90 Å². The summed E-state index contributed by atoms with van der Waals surface area (Å²) in [6.45, 7) is 3.84. The van der Waals surface area contributed by atoms with Gasteiger partial charge in [-0.05, 0) is 43.0 Å². The number of carbonyl (C=O) groups is 2. The van der Waals surface area contributed by atoms with Gasteiger partial charge in [0, 0.05) is 10.6 Å². The Morgan fingerprint density at radius 3 is 2.37 bits per heavy atom. The highest BCUT2D eigenvalue weighted by atomic mass is 32.2. The lowest BCUT2D eigenvalue weighted by Crippen LogP contribution is -2.32. The second-order valence-electron chi connectivity index (χ2n) is 7.04. The lowest BCUT2D eigenvalue weighted by molar-refractivity contribution is -0.119. The molecule has 2 aromatic carbocycles. The number of amides is 2. The average Bonchev–Trinajstić information content (AvgIpc) is 3.34. The third kappa shape index (κ3) is 4.06. The minimum atomic E-state index is -0.308. The Balaban J connectivity index is 1.72. The topological polar surface area (TPSA) is 46.6 Å². The van der Waals surface area contributed by atoms with E-state index in [4.69, 9.17) is 4.74 Å². The number of benzene rings is 2. The van der Waals surface area contributed by atoms with E-state index in [9.17, 15) is 9.59 Å². The minimum Gasteiger partial charge on any atom is -0.489 e. The molecule has 0 N–H and O–H groups in total. The van der Waals surface area contributed by atoms with Crippen molar-refractivity contribution in [2.24, 2.45) is 0 Å². The predicted octanol–water partition coefficient (Wildman–Crippen LogP) is 5.75. The molecule has 1 aromatic heterocycles. The maximum atomic E-state index is 13.5. The van der Waals surface area contributed by atoms with Crippen molar-refractivity contribution in [2.75, 3.05) is 4.90 Å². The SMILES string of the molecule is CC(C)Oc1ccccc1N1C(=O)C(SCc2ccccc2)=C(c2cccs2)C1=O. The smallest absolute Gasteiger partial charge is 0.272 e. The van der Waals surface area contributed by atoms with Gasteiger partial charge in [-0.1, -0.05) is 48.5 Å². The van der Waals surface area contributed by atoms with Gasteiger partial charge < -0.3 is 4.74 Å². The first-order valence-corrected chi connectivity index (χ1v) is 11.5. The van der Waals surface area contributed by atoms with Crippen molar-refractivity contribution in [1.82, 2.24) is 0 Å². The minimum absolute atomic E-state index is 0.0735. The third-order valence-corrected chi connectivity index (χ3v) is 6.54. The number of hydrogen-bond donors (Lipinski definition) is 0. The van der Waals surface area contributed by atoms with E-state index >= 15 is 0 Å². The molecule has 2 heterocycles. The first-order valence-electron chi connectivity index (χ1n) is 9.65. The molecule has 4 nitrogen and oxygen atoms in total. The molecule has 30 heavy (non-hydrogen) atoms. The first kappa shape index (κ1) is 20.4. The Kier molecular flexibility index (Phi) is 6.06. The van der Waals surface area contributed by atoms with Crippen molar-refractivity contribution in [1.29, 1.82) is 0 Å². The number of nitrogens with zero attached hydrogens (tertiary/aromatic N) is 1. The number of ether oxygens (including phenoxy) is 1. The van der Waals surface area contributed by atoms with Crippen LogP contribution < -0.4 is 9.64 Å². The number of anilines is 1. The number of imide groups is 1. The van der Waals surface area contributed by atoms with Crippen LogP contribution in [0.2, 0.25) is 0 Å². The fourth-order valence-corrected chi connectivity index (χ4v) is 5.12. The summed E-state index contributed by atoms with van der Waals surface area (Å²) in [6.07, 6.45) is -0.0735. The summed E-state index contributed by atoms with van der Waals surface area (Å²) in [6, 6.07) is 20.9. The van der Waals surface area contributed by atoms with Gasteiger partial charge in [0.25, 0.3) is 11.8 Å². The number of rotatable bonds is 7. The second-order valence-corrected chi connectivity index (χ2v) is 8.97. The van der Waals surface area contributed by atoms with Crippen LogP contribution in [0.1, 0.15) is 24.3 Å². The molecular weight excluding hydrogens is 414 g/mol. The zero-order valence-electron chi connectivity index (χ0n) is 16.7. The van der Waals surface area contributed by atoms with E-state index in [0.29, 0.717) is 27.7 Å². The quantitative estimate of drug-likeness (QED) is 0.443. The van der Waals surface area contributed by atoms with Crippen molar-refractivity contribution in [3.8, 4) is 5.75 Å². The summed E-state index contributed by atoms with van der Waals surface area (Å²) in [7, 11) is 0. The van der Waals surface area contributed by atoms with E-state index in [1.54, 1.807) is 12.1 Å². The molecule has 0 saturated heterocycles. The van der Waals surface area contributed by atoms with Crippen molar-refractivity contribution < 1.29 is 14.3 Å². The van der Waals surface area contributed by atoms with Gasteiger partial charge in [0.15, 0.2) is 0 Å². The molecule has 0 atom stereocenters. The lowest BCUT2D eigenvalue weighted by atomic mass is 10.2. The maximum absolute atomic E-state index is 13.5. The average molecular weight is 436 g/mol. The van der Waals surface area contributed by atoms with Crippen LogP contribution in [-0.2, 0) is 15.3 Å². The van der Waals surface area contributed by atoms with Gasteiger partial charge in [-0.2, -0.15) is 0 Å². The van der Waals surface area contributed by atoms with Crippen LogP contribution >= 0.6 is 23.1 Å². The van der Waals surface area contributed by atoms with Gasteiger partial charge in [0.1, 0.15) is 5.75 Å². The lowest BCUT2D eigenvalue weighted by Gasteiger charge is -2.20. The van der Waals surface area contributed by atoms with Crippen LogP contribution in [-0.4, -0.2) is 17.9 Å². The fraction of sp³-hybridized carbons (Fsp3) is 0.167. The summed E-state index contributed by atoms with van der Waals surface area (Å²) < 4.78 is 5.88. The zero-order chi connectivity index (χ0) is 21.1.